The van der Waals surface area contributed by atoms with E-state index < -0.39 is 26.6 Å². The molecule has 0 bridgehead atoms. The molecule has 0 aliphatic carbocycles. The summed E-state index contributed by atoms with van der Waals surface area (Å²) in [7, 11) is -4.17. The summed E-state index contributed by atoms with van der Waals surface area (Å²) in [5, 5.41) is 0. The molecule has 2 aromatic rings. The maximum atomic E-state index is 13.9. The molecule has 1 amide bonds. The molecule has 0 N–H and O–H groups in total. The van der Waals surface area contributed by atoms with Crippen molar-refractivity contribution in [2.24, 2.45) is 0 Å². The van der Waals surface area contributed by atoms with Crippen LogP contribution >= 0.6 is 11.8 Å². The Morgan fingerprint density at radius 2 is 1.71 bits per heavy atom. The van der Waals surface area contributed by atoms with E-state index in [9.17, 15) is 22.0 Å². The summed E-state index contributed by atoms with van der Waals surface area (Å²) >= 11 is 1.54. The van der Waals surface area contributed by atoms with Gasteiger partial charge in [0.05, 0.1) is 0 Å². The Balaban J connectivity index is 1.75. The fourth-order valence-electron chi connectivity index (χ4n) is 3.07. The Morgan fingerprint density at radius 3 is 2.36 bits per heavy atom. The lowest BCUT2D eigenvalue weighted by Gasteiger charge is -2.34. The standard InChI is InChI=1S/C19H20F2N2O3S2/c1-13-3-5-15(27-2)12-16(13)19(24)22-7-9-23(10-8-22)28(25,26)18-11-14(20)4-6-17(18)21/h3-6,11-12H,7-10H2,1-2H3. The predicted octanol–water partition coefficient (Wildman–Crippen LogP) is 3.14. The van der Waals surface area contributed by atoms with Gasteiger partial charge in [0, 0.05) is 36.6 Å². The minimum Gasteiger partial charge on any atom is -0.336 e. The average Bonchev–Trinajstić information content (AvgIpc) is 2.69. The van der Waals surface area contributed by atoms with Crippen molar-refractivity contribution in [2.75, 3.05) is 32.4 Å². The van der Waals surface area contributed by atoms with E-state index in [4.69, 9.17) is 0 Å². The van der Waals surface area contributed by atoms with Crippen molar-refractivity contribution in [3.8, 4) is 0 Å². The summed E-state index contributed by atoms with van der Waals surface area (Å²) in [4.78, 5) is 14.7. The summed E-state index contributed by atoms with van der Waals surface area (Å²) in [5.74, 6) is -1.98. The van der Waals surface area contributed by atoms with Gasteiger partial charge in [-0.1, -0.05) is 6.07 Å². The minimum atomic E-state index is -4.17. The highest BCUT2D eigenvalue weighted by Crippen LogP contribution is 2.24. The van der Waals surface area contributed by atoms with Crippen LogP contribution in [0.1, 0.15) is 15.9 Å². The van der Waals surface area contributed by atoms with Crippen LogP contribution in [0.5, 0.6) is 0 Å². The molecule has 150 valence electrons. The molecule has 1 saturated heterocycles. The van der Waals surface area contributed by atoms with Crippen molar-refractivity contribution in [3.05, 3.63) is 59.2 Å². The van der Waals surface area contributed by atoms with Crippen LogP contribution in [0.4, 0.5) is 8.78 Å². The Kier molecular flexibility index (Phi) is 6.07. The van der Waals surface area contributed by atoms with E-state index in [1.807, 2.05) is 31.4 Å². The van der Waals surface area contributed by atoms with Crippen molar-refractivity contribution in [1.29, 1.82) is 0 Å². The molecule has 0 atom stereocenters. The molecule has 3 rings (SSSR count). The van der Waals surface area contributed by atoms with E-state index in [0.717, 1.165) is 26.9 Å². The number of carbonyl (C=O) groups excluding carboxylic acids is 1. The molecule has 0 unspecified atom stereocenters. The lowest BCUT2D eigenvalue weighted by Crippen LogP contribution is -2.50. The molecule has 2 aromatic carbocycles. The molecule has 1 fully saturated rings. The van der Waals surface area contributed by atoms with Gasteiger partial charge in [-0.15, -0.1) is 11.8 Å². The third-order valence-electron chi connectivity index (χ3n) is 4.71. The Labute approximate surface area is 167 Å². The minimum absolute atomic E-state index is 0.0191. The molecular weight excluding hydrogens is 406 g/mol. The van der Waals surface area contributed by atoms with Crippen molar-refractivity contribution in [1.82, 2.24) is 9.21 Å². The summed E-state index contributed by atoms with van der Waals surface area (Å²) in [5.41, 5.74) is 1.43. The largest absolute Gasteiger partial charge is 0.336 e. The van der Waals surface area contributed by atoms with Gasteiger partial charge in [0.1, 0.15) is 16.5 Å². The first-order chi connectivity index (χ1) is 13.2. The van der Waals surface area contributed by atoms with Crippen LogP contribution in [0.25, 0.3) is 0 Å². The number of halogens is 2. The fraction of sp³-hybridized carbons (Fsp3) is 0.316. The second kappa shape index (κ2) is 8.18. The van der Waals surface area contributed by atoms with Gasteiger partial charge >= 0.3 is 0 Å². The molecule has 1 aliphatic heterocycles. The smallest absolute Gasteiger partial charge is 0.254 e. The third-order valence-corrected chi connectivity index (χ3v) is 7.35. The van der Waals surface area contributed by atoms with E-state index in [0.29, 0.717) is 11.6 Å². The van der Waals surface area contributed by atoms with Crippen molar-refractivity contribution >= 4 is 27.7 Å². The van der Waals surface area contributed by atoms with Gasteiger partial charge in [-0.2, -0.15) is 4.31 Å². The number of nitrogens with zero attached hydrogens (tertiary/aromatic N) is 2. The fourth-order valence-corrected chi connectivity index (χ4v) is 5.01. The highest BCUT2D eigenvalue weighted by Gasteiger charge is 2.32. The first-order valence-electron chi connectivity index (χ1n) is 8.63. The average molecular weight is 427 g/mol. The molecule has 28 heavy (non-hydrogen) atoms. The Morgan fingerprint density at radius 1 is 1.04 bits per heavy atom. The SMILES string of the molecule is CSc1ccc(C)c(C(=O)N2CCN(S(=O)(=O)c3cc(F)ccc3F)CC2)c1. The normalized spacial score (nSPS) is 15.6. The number of aryl methyl sites for hydroxylation is 1. The molecule has 0 spiro atoms. The summed E-state index contributed by atoms with van der Waals surface area (Å²) in [6.45, 7) is 2.25. The van der Waals surface area contributed by atoms with Crippen LogP contribution in [0.3, 0.4) is 0 Å². The molecule has 0 radical (unpaired) electrons. The number of rotatable bonds is 4. The predicted molar refractivity (Wildman–Crippen MR) is 104 cm³/mol. The van der Waals surface area contributed by atoms with Gasteiger partial charge in [0.15, 0.2) is 0 Å². The summed E-state index contributed by atoms with van der Waals surface area (Å²) < 4.78 is 53.7. The third kappa shape index (κ3) is 4.06. The highest BCUT2D eigenvalue weighted by atomic mass is 32.2. The zero-order valence-electron chi connectivity index (χ0n) is 15.5. The van der Waals surface area contributed by atoms with Gasteiger partial charge in [-0.3, -0.25) is 4.79 Å². The molecular formula is C19H20F2N2O3S2. The van der Waals surface area contributed by atoms with Crippen LogP contribution in [0, 0.1) is 18.6 Å². The molecule has 1 aliphatic rings. The van der Waals surface area contributed by atoms with E-state index >= 15 is 0 Å². The number of hydrogen-bond acceptors (Lipinski definition) is 4. The lowest BCUT2D eigenvalue weighted by atomic mass is 10.1. The van der Waals surface area contributed by atoms with E-state index in [2.05, 4.69) is 0 Å². The monoisotopic (exact) mass is 426 g/mol. The topological polar surface area (TPSA) is 57.7 Å². The Bertz CT molecular complexity index is 1000. The van der Waals surface area contributed by atoms with Gasteiger partial charge in [0.25, 0.3) is 5.91 Å². The summed E-state index contributed by atoms with van der Waals surface area (Å²) in [6, 6.07) is 7.99. The number of benzene rings is 2. The van der Waals surface area contributed by atoms with E-state index in [1.54, 1.807) is 4.90 Å². The first-order valence-corrected chi connectivity index (χ1v) is 11.3. The highest BCUT2D eigenvalue weighted by molar-refractivity contribution is 7.98. The van der Waals surface area contributed by atoms with E-state index in [-0.39, 0.29) is 32.1 Å². The number of carbonyl (C=O) groups is 1. The van der Waals surface area contributed by atoms with Crippen molar-refractivity contribution < 1.29 is 22.0 Å². The molecule has 9 heteroatoms. The Hall–Kier alpha value is -1.97. The molecule has 5 nitrogen and oxygen atoms in total. The summed E-state index contributed by atoms with van der Waals surface area (Å²) in [6.07, 6.45) is 1.92. The first kappa shape index (κ1) is 20.8. The zero-order valence-corrected chi connectivity index (χ0v) is 17.1. The van der Waals surface area contributed by atoms with Gasteiger partial charge in [-0.25, -0.2) is 17.2 Å². The maximum absolute atomic E-state index is 13.9. The van der Waals surface area contributed by atoms with Crippen LogP contribution in [0.2, 0.25) is 0 Å². The van der Waals surface area contributed by atoms with Crippen LogP contribution in [-0.2, 0) is 10.0 Å². The van der Waals surface area contributed by atoms with E-state index in [1.165, 1.54) is 11.8 Å². The van der Waals surface area contributed by atoms with Gasteiger partial charge < -0.3 is 4.90 Å². The maximum Gasteiger partial charge on any atom is 0.254 e. The second-order valence-corrected chi connectivity index (χ2v) is 9.24. The van der Waals surface area contributed by atoms with Crippen molar-refractivity contribution in [3.63, 3.8) is 0 Å². The number of sulfonamides is 1. The van der Waals surface area contributed by atoms with Gasteiger partial charge in [0.2, 0.25) is 10.0 Å². The zero-order chi connectivity index (χ0) is 20.5. The lowest BCUT2D eigenvalue weighted by molar-refractivity contribution is 0.0696. The van der Waals surface area contributed by atoms with Crippen LogP contribution in [0.15, 0.2) is 46.2 Å². The second-order valence-electron chi connectivity index (χ2n) is 6.45. The number of amides is 1. The quantitative estimate of drug-likeness (QED) is 0.705. The molecule has 1 heterocycles. The number of hydrogen-bond donors (Lipinski definition) is 0. The van der Waals surface area contributed by atoms with Gasteiger partial charge in [-0.05, 0) is 49.1 Å². The number of piperazine rings is 1. The van der Waals surface area contributed by atoms with Crippen LogP contribution in [-0.4, -0.2) is 56.0 Å². The van der Waals surface area contributed by atoms with Crippen molar-refractivity contribution in [2.45, 2.75) is 16.7 Å². The molecule has 0 aromatic heterocycles. The molecule has 0 saturated carbocycles. The number of thioether (sulfide) groups is 1. The van der Waals surface area contributed by atoms with Crippen LogP contribution < -0.4 is 0 Å².